The summed E-state index contributed by atoms with van der Waals surface area (Å²) in [5, 5.41) is 3.92. The Hall–Kier alpha value is -1.91. The first-order valence-electron chi connectivity index (χ1n) is 6.95. The molecule has 1 amide bonds. The van der Waals surface area contributed by atoms with Gasteiger partial charge in [0.15, 0.2) is 0 Å². The number of amides is 1. The minimum atomic E-state index is -0.137. The molecular formula is C17H17Cl2NO3. The number of rotatable bonds is 6. The third kappa shape index (κ3) is 4.78. The normalized spacial score (nSPS) is 10.3. The lowest BCUT2D eigenvalue weighted by Crippen LogP contribution is -2.24. The van der Waals surface area contributed by atoms with Crippen molar-refractivity contribution >= 4 is 29.1 Å². The van der Waals surface area contributed by atoms with Gasteiger partial charge in [-0.3, -0.25) is 4.79 Å². The van der Waals surface area contributed by atoms with E-state index < -0.39 is 0 Å². The van der Waals surface area contributed by atoms with Crippen LogP contribution in [-0.4, -0.2) is 20.1 Å². The van der Waals surface area contributed by atoms with Crippen LogP contribution in [0.25, 0.3) is 0 Å². The molecule has 0 fully saturated rings. The highest BCUT2D eigenvalue weighted by Crippen LogP contribution is 2.24. The zero-order valence-corrected chi connectivity index (χ0v) is 14.4. The zero-order valence-electron chi connectivity index (χ0n) is 12.9. The summed E-state index contributed by atoms with van der Waals surface area (Å²) >= 11 is 11.9. The minimum Gasteiger partial charge on any atom is -0.497 e. The van der Waals surface area contributed by atoms with Crippen molar-refractivity contribution < 1.29 is 14.3 Å². The summed E-state index contributed by atoms with van der Waals surface area (Å²) in [4.78, 5) is 12.2. The van der Waals surface area contributed by atoms with E-state index in [1.165, 1.54) is 0 Å². The van der Waals surface area contributed by atoms with Crippen LogP contribution in [0.4, 0.5) is 0 Å². The average molecular weight is 354 g/mol. The molecule has 0 aromatic heterocycles. The molecule has 2 aromatic rings. The average Bonchev–Trinajstić information content (AvgIpc) is 2.54. The Bertz CT molecular complexity index is 704. The number of methoxy groups -OCH3 is 2. The number of nitrogens with one attached hydrogen (secondary N) is 1. The second kappa shape index (κ2) is 8.09. The van der Waals surface area contributed by atoms with Crippen molar-refractivity contribution in [3.05, 3.63) is 57.6 Å². The third-order valence-corrected chi connectivity index (χ3v) is 3.92. The van der Waals surface area contributed by atoms with Crippen LogP contribution in [0.1, 0.15) is 11.1 Å². The number of carbonyl (C=O) groups excluding carboxylic acids is 1. The fraction of sp³-hybridized carbons (Fsp3) is 0.235. The van der Waals surface area contributed by atoms with Gasteiger partial charge in [0.1, 0.15) is 11.5 Å². The molecule has 0 aliphatic rings. The second-order valence-corrected chi connectivity index (χ2v) is 5.71. The first kappa shape index (κ1) is 17.4. The molecule has 1 N–H and O–H groups in total. The van der Waals surface area contributed by atoms with Crippen LogP contribution in [-0.2, 0) is 17.8 Å². The van der Waals surface area contributed by atoms with Crippen molar-refractivity contribution in [1.82, 2.24) is 5.32 Å². The van der Waals surface area contributed by atoms with Gasteiger partial charge >= 0.3 is 0 Å². The van der Waals surface area contributed by atoms with Crippen LogP contribution in [0.5, 0.6) is 11.5 Å². The Morgan fingerprint density at radius 1 is 1.04 bits per heavy atom. The molecule has 0 saturated carbocycles. The maximum atomic E-state index is 12.2. The van der Waals surface area contributed by atoms with Crippen LogP contribution >= 0.6 is 23.2 Å². The Labute approximate surface area is 145 Å². The van der Waals surface area contributed by atoms with Crippen molar-refractivity contribution in [2.24, 2.45) is 0 Å². The van der Waals surface area contributed by atoms with Gasteiger partial charge in [-0.2, -0.15) is 0 Å². The summed E-state index contributed by atoms with van der Waals surface area (Å²) in [5.41, 5.74) is 1.56. The minimum absolute atomic E-state index is 0.137. The molecule has 0 aliphatic heterocycles. The number of halogens is 2. The van der Waals surface area contributed by atoms with Crippen LogP contribution < -0.4 is 14.8 Å². The smallest absolute Gasteiger partial charge is 0.224 e. The van der Waals surface area contributed by atoms with Crippen LogP contribution in [0, 0.1) is 0 Å². The summed E-state index contributed by atoms with van der Waals surface area (Å²) in [7, 11) is 3.14. The molecule has 0 atom stereocenters. The van der Waals surface area contributed by atoms with E-state index in [2.05, 4.69) is 5.32 Å². The lowest BCUT2D eigenvalue weighted by Gasteiger charge is -2.11. The number of ether oxygens (including phenoxy) is 2. The summed E-state index contributed by atoms with van der Waals surface area (Å²) in [5.74, 6) is 1.18. The number of hydrogen-bond acceptors (Lipinski definition) is 3. The fourth-order valence-electron chi connectivity index (χ4n) is 2.11. The van der Waals surface area contributed by atoms with Gasteiger partial charge in [-0.05, 0) is 35.9 Å². The van der Waals surface area contributed by atoms with Crippen molar-refractivity contribution in [1.29, 1.82) is 0 Å². The highest BCUT2D eigenvalue weighted by atomic mass is 35.5. The van der Waals surface area contributed by atoms with Crippen molar-refractivity contribution in [3.8, 4) is 11.5 Å². The molecule has 4 nitrogen and oxygen atoms in total. The molecule has 2 aromatic carbocycles. The first-order valence-corrected chi connectivity index (χ1v) is 7.70. The molecular weight excluding hydrogens is 337 g/mol. The molecule has 2 rings (SSSR count). The quantitative estimate of drug-likeness (QED) is 0.857. The van der Waals surface area contributed by atoms with Gasteiger partial charge < -0.3 is 14.8 Å². The van der Waals surface area contributed by atoms with E-state index in [0.717, 1.165) is 11.1 Å². The zero-order chi connectivity index (χ0) is 16.8. The Kier molecular flexibility index (Phi) is 6.13. The highest BCUT2D eigenvalue weighted by molar-refractivity contribution is 6.35. The summed E-state index contributed by atoms with van der Waals surface area (Å²) < 4.78 is 10.4. The lowest BCUT2D eigenvalue weighted by atomic mass is 10.1. The topological polar surface area (TPSA) is 47.6 Å². The fourth-order valence-corrected chi connectivity index (χ4v) is 2.59. The predicted molar refractivity (Wildman–Crippen MR) is 91.6 cm³/mol. The van der Waals surface area contributed by atoms with Gasteiger partial charge in [0.2, 0.25) is 5.91 Å². The van der Waals surface area contributed by atoms with Crippen molar-refractivity contribution in [2.75, 3.05) is 14.2 Å². The van der Waals surface area contributed by atoms with Crippen LogP contribution in [0.2, 0.25) is 10.0 Å². The number of hydrogen-bond donors (Lipinski definition) is 1. The van der Waals surface area contributed by atoms with Gasteiger partial charge in [0.25, 0.3) is 0 Å². The molecule has 6 heteroatoms. The predicted octanol–water partition coefficient (Wildman–Crippen LogP) is 3.87. The monoisotopic (exact) mass is 353 g/mol. The van der Waals surface area contributed by atoms with Gasteiger partial charge in [0, 0.05) is 22.2 Å². The first-order chi connectivity index (χ1) is 11.0. The maximum absolute atomic E-state index is 12.2. The van der Waals surface area contributed by atoms with Crippen molar-refractivity contribution in [2.45, 2.75) is 13.0 Å². The molecule has 0 aliphatic carbocycles. The van der Waals surface area contributed by atoms with E-state index in [-0.39, 0.29) is 12.3 Å². The van der Waals surface area contributed by atoms with E-state index in [9.17, 15) is 4.79 Å². The van der Waals surface area contributed by atoms with Gasteiger partial charge in [0.05, 0.1) is 20.6 Å². The molecule has 0 radical (unpaired) electrons. The Morgan fingerprint density at radius 2 is 1.83 bits per heavy atom. The second-order valence-electron chi connectivity index (χ2n) is 4.87. The third-order valence-electron chi connectivity index (χ3n) is 3.33. The summed E-state index contributed by atoms with van der Waals surface area (Å²) in [6.07, 6.45) is 0.186. The van der Waals surface area contributed by atoms with Crippen LogP contribution in [0.3, 0.4) is 0 Å². The summed E-state index contributed by atoms with van der Waals surface area (Å²) in [6, 6.07) is 10.5. The molecule has 0 spiro atoms. The largest absolute Gasteiger partial charge is 0.497 e. The molecule has 0 saturated heterocycles. The Balaban J connectivity index is 2.02. The maximum Gasteiger partial charge on any atom is 0.224 e. The number of benzene rings is 2. The Morgan fingerprint density at radius 3 is 2.48 bits per heavy atom. The molecule has 0 bridgehead atoms. The highest BCUT2D eigenvalue weighted by Gasteiger charge is 2.11. The van der Waals surface area contributed by atoms with E-state index in [4.69, 9.17) is 32.7 Å². The summed E-state index contributed by atoms with van der Waals surface area (Å²) in [6.45, 7) is 0.334. The molecule has 0 heterocycles. The molecule has 122 valence electrons. The lowest BCUT2D eigenvalue weighted by molar-refractivity contribution is -0.120. The van der Waals surface area contributed by atoms with Gasteiger partial charge in [-0.15, -0.1) is 0 Å². The number of carbonyl (C=O) groups is 1. The standard InChI is InChI=1S/C17H17Cl2NO3/c1-22-14-5-6-16(23-2)12(7-14)8-17(21)20-10-11-3-4-13(18)9-15(11)19/h3-7,9H,8,10H2,1-2H3,(H,20,21). The van der Waals surface area contributed by atoms with Crippen molar-refractivity contribution in [3.63, 3.8) is 0 Å². The van der Waals surface area contributed by atoms with E-state index >= 15 is 0 Å². The molecule has 0 unspecified atom stereocenters. The molecule has 23 heavy (non-hydrogen) atoms. The van der Waals surface area contributed by atoms with E-state index in [1.54, 1.807) is 50.6 Å². The van der Waals surface area contributed by atoms with Crippen LogP contribution in [0.15, 0.2) is 36.4 Å². The van der Waals surface area contributed by atoms with E-state index in [1.807, 2.05) is 0 Å². The van der Waals surface area contributed by atoms with E-state index in [0.29, 0.717) is 28.1 Å². The van der Waals surface area contributed by atoms with Gasteiger partial charge in [-0.25, -0.2) is 0 Å². The SMILES string of the molecule is COc1ccc(OC)c(CC(=O)NCc2ccc(Cl)cc2Cl)c1. The van der Waals surface area contributed by atoms with Gasteiger partial charge in [-0.1, -0.05) is 29.3 Å².